The highest BCUT2D eigenvalue weighted by molar-refractivity contribution is 7.99. The number of aryl methyl sites for hydroxylation is 1. The molecule has 1 saturated carbocycles. The predicted molar refractivity (Wildman–Crippen MR) is 72.2 cm³/mol. The molecule has 2 atom stereocenters. The summed E-state index contributed by atoms with van der Waals surface area (Å²) in [6.07, 6.45) is 5.91. The highest BCUT2D eigenvalue weighted by Gasteiger charge is 2.26. The van der Waals surface area contributed by atoms with Crippen molar-refractivity contribution in [2.75, 3.05) is 11.1 Å². The normalized spacial score (nSPS) is 24.6. The first kappa shape index (κ1) is 11.8. The van der Waals surface area contributed by atoms with Crippen LogP contribution >= 0.6 is 11.8 Å². The number of hydrogen-bond acceptors (Lipinski definition) is 3. The lowest BCUT2D eigenvalue weighted by Gasteiger charge is -2.21. The highest BCUT2D eigenvalue weighted by atomic mass is 32.2. The Balaban J connectivity index is 1.98. The summed E-state index contributed by atoms with van der Waals surface area (Å²) >= 11 is 2.09. The number of thioether (sulfide) groups is 1. The molecule has 1 aliphatic rings. The van der Waals surface area contributed by atoms with Crippen LogP contribution in [0.15, 0.2) is 18.3 Å². The van der Waals surface area contributed by atoms with Crippen LogP contribution < -0.4 is 5.32 Å². The van der Waals surface area contributed by atoms with Crippen molar-refractivity contribution < 1.29 is 0 Å². The van der Waals surface area contributed by atoms with E-state index in [4.69, 9.17) is 0 Å². The minimum absolute atomic E-state index is 0.645. The maximum Gasteiger partial charge on any atom is 0.0393 e. The van der Waals surface area contributed by atoms with Crippen molar-refractivity contribution >= 4 is 17.4 Å². The van der Waals surface area contributed by atoms with E-state index in [1.54, 1.807) is 0 Å². The molecule has 0 aliphatic heterocycles. The summed E-state index contributed by atoms with van der Waals surface area (Å²) in [5.74, 6) is 1.22. The van der Waals surface area contributed by atoms with Crippen LogP contribution in [0, 0.1) is 6.92 Å². The molecule has 0 radical (unpaired) electrons. The van der Waals surface area contributed by atoms with Crippen molar-refractivity contribution in [3.8, 4) is 0 Å². The van der Waals surface area contributed by atoms with Gasteiger partial charge in [0.2, 0.25) is 0 Å². The summed E-state index contributed by atoms with van der Waals surface area (Å²) in [4.78, 5) is 4.22. The Hall–Kier alpha value is -0.700. The molecule has 16 heavy (non-hydrogen) atoms. The standard InChI is InChI=1S/C13H20N2S/c1-3-16-13-6-4-5-12(13)15-11-7-8-14-10(2)9-11/h7-9,12-13H,3-6H2,1-2H3,(H,14,15). The Kier molecular flexibility index (Phi) is 4.10. The Morgan fingerprint density at radius 1 is 1.50 bits per heavy atom. The Morgan fingerprint density at radius 2 is 2.38 bits per heavy atom. The number of nitrogens with one attached hydrogen (secondary N) is 1. The molecule has 0 aromatic carbocycles. The molecule has 1 aliphatic carbocycles. The van der Waals surface area contributed by atoms with Crippen LogP contribution in [-0.4, -0.2) is 22.0 Å². The van der Waals surface area contributed by atoms with Gasteiger partial charge in [-0.05, 0) is 37.7 Å². The number of rotatable bonds is 4. The Bertz CT molecular complexity index is 340. The molecule has 2 rings (SSSR count). The van der Waals surface area contributed by atoms with Gasteiger partial charge in [0.15, 0.2) is 0 Å². The minimum Gasteiger partial charge on any atom is -0.381 e. The summed E-state index contributed by atoms with van der Waals surface area (Å²) < 4.78 is 0. The van der Waals surface area contributed by atoms with E-state index in [1.807, 2.05) is 13.1 Å². The molecule has 0 amide bonds. The number of hydrogen-bond donors (Lipinski definition) is 1. The van der Waals surface area contributed by atoms with Crippen LogP contribution in [0.1, 0.15) is 31.9 Å². The summed E-state index contributed by atoms with van der Waals surface area (Å²) in [5.41, 5.74) is 2.31. The van der Waals surface area contributed by atoms with Crippen LogP contribution in [-0.2, 0) is 0 Å². The first-order valence-electron chi connectivity index (χ1n) is 6.10. The lowest BCUT2D eigenvalue weighted by atomic mass is 10.2. The predicted octanol–water partition coefficient (Wildman–Crippen LogP) is 3.48. The van der Waals surface area contributed by atoms with Gasteiger partial charge in [0.1, 0.15) is 0 Å². The summed E-state index contributed by atoms with van der Waals surface area (Å²) in [7, 11) is 0. The number of nitrogens with zero attached hydrogens (tertiary/aromatic N) is 1. The highest BCUT2D eigenvalue weighted by Crippen LogP contribution is 2.31. The van der Waals surface area contributed by atoms with E-state index >= 15 is 0 Å². The molecule has 0 bridgehead atoms. The van der Waals surface area contributed by atoms with Gasteiger partial charge in [-0.3, -0.25) is 4.98 Å². The van der Waals surface area contributed by atoms with Gasteiger partial charge in [-0.2, -0.15) is 11.8 Å². The molecular formula is C13H20N2S. The first-order valence-corrected chi connectivity index (χ1v) is 7.15. The van der Waals surface area contributed by atoms with E-state index in [0.717, 1.165) is 10.9 Å². The second-order valence-electron chi connectivity index (χ2n) is 4.36. The van der Waals surface area contributed by atoms with Crippen LogP contribution in [0.25, 0.3) is 0 Å². The van der Waals surface area contributed by atoms with Crippen LogP contribution in [0.3, 0.4) is 0 Å². The van der Waals surface area contributed by atoms with Crippen molar-refractivity contribution in [3.05, 3.63) is 24.0 Å². The third-order valence-corrected chi connectivity index (χ3v) is 4.41. The van der Waals surface area contributed by atoms with Gasteiger partial charge in [0.05, 0.1) is 0 Å². The smallest absolute Gasteiger partial charge is 0.0393 e. The van der Waals surface area contributed by atoms with E-state index in [9.17, 15) is 0 Å². The molecule has 2 unspecified atom stereocenters. The molecule has 0 saturated heterocycles. The van der Waals surface area contributed by atoms with Crippen molar-refractivity contribution in [1.29, 1.82) is 0 Å². The van der Waals surface area contributed by atoms with E-state index in [-0.39, 0.29) is 0 Å². The lowest BCUT2D eigenvalue weighted by Crippen LogP contribution is -2.26. The van der Waals surface area contributed by atoms with E-state index in [2.05, 4.69) is 41.1 Å². The van der Waals surface area contributed by atoms with Crippen molar-refractivity contribution in [2.45, 2.75) is 44.4 Å². The molecule has 1 aromatic heterocycles. The van der Waals surface area contributed by atoms with Gasteiger partial charge in [-0.15, -0.1) is 0 Å². The zero-order valence-corrected chi connectivity index (χ0v) is 10.9. The van der Waals surface area contributed by atoms with Gasteiger partial charge < -0.3 is 5.32 Å². The fourth-order valence-electron chi connectivity index (χ4n) is 2.35. The maximum atomic E-state index is 4.22. The molecule has 2 nitrogen and oxygen atoms in total. The van der Waals surface area contributed by atoms with Crippen LogP contribution in [0.4, 0.5) is 5.69 Å². The molecule has 0 spiro atoms. The Labute approximate surface area is 102 Å². The van der Waals surface area contributed by atoms with Gasteiger partial charge in [-0.25, -0.2) is 0 Å². The maximum absolute atomic E-state index is 4.22. The van der Waals surface area contributed by atoms with Crippen LogP contribution in [0.2, 0.25) is 0 Å². The van der Waals surface area contributed by atoms with Gasteiger partial charge in [0.25, 0.3) is 0 Å². The topological polar surface area (TPSA) is 24.9 Å². The summed E-state index contributed by atoms with van der Waals surface area (Å²) in [6.45, 7) is 4.29. The Morgan fingerprint density at radius 3 is 3.12 bits per heavy atom. The fraction of sp³-hybridized carbons (Fsp3) is 0.615. The minimum atomic E-state index is 0.645. The summed E-state index contributed by atoms with van der Waals surface area (Å²) in [6, 6.07) is 4.84. The molecule has 3 heteroatoms. The number of pyridine rings is 1. The van der Waals surface area contributed by atoms with Crippen LogP contribution in [0.5, 0.6) is 0 Å². The van der Waals surface area contributed by atoms with E-state index in [1.165, 1.54) is 30.7 Å². The first-order chi connectivity index (χ1) is 7.79. The molecule has 1 aromatic rings. The van der Waals surface area contributed by atoms with Gasteiger partial charge in [0, 0.05) is 28.9 Å². The van der Waals surface area contributed by atoms with Crippen molar-refractivity contribution in [2.24, 2.45) is 0 Å². The second kappa shape index (κ2) is 5.58. The third kappa shape index (κ3) is 2.91. The van der Waals surface area contributed by atoms with E-state index in [0.29, 0.717) is 6.04 Å². The number of aromatic nitrogens is 1. The van der Waals surface area contributed by atoms with Crippen molar-refractivity contribution in [1.82, 2.24) is 4.98 Å². The summed E-state index contributed by atoms with van der Waals surface area (Å²) in [5, 5.41) is 4.45. The largest absolute Gasteiger partial charge is 0.381 e. The SMILES string of the molecule is CCSC1CCCC1Nc1ccnc(C)c1. The zero-order chi connectivity index (χ0) is 11.4. The second-order valence-corrected chi connectivity index (χ2v) is 5.88. The fourth-order valence-corrected chi connectivity index (χ4v) is 3.55. The van der Waals surface area contributed by atoms with Gasteiger partial charge >= 0.3 is 0 Å². The molecule has 1 fully saturated rings. The zero-order valence-electron chi connectivity index (χ0n) is 10.1. The quantitative estimate of drug-likeness (QED) is 0.866. The lowest BCUT2D eigenvalue weighted by molar-refractivity contribution is 0.767. The third-order valence-electron chi connectivity index (χ3n) is 3.08. The molecular weight excluding hydrogens is 216 g/mol. The average molecular weight is 236 g/mol. The van der Waals surface area contributed by atoms with Gasteiger partial charge in [-0.1, -0.05) is 13.3 Å². The number of anilines is 1. The molecule has 1 N–H and O–H groups in total. The molecule has 88 valence electrons. The molecule has 1 heterocycles. The van der Waals surface area contributed by atoms with Crippen molar-refractivity contribution in [3.63, 3.8) is 0 Å². The monoisotopic (exact) mass is 236 g/mol. The average Bonchev–Trinajstić information content (AvgIpc) is 2.66. The van der Waals surface area contributed by atoms with E-state index < -0.39 is 0 Å².